The maximum absolute atomic E-state index is 12.7. The van der Waals surface area contributed by atoms with Crippen LogP contribution in [0.2, 0.25) is 0 Å². The highest BCUT2D eigenvalue weighted by atomic mass is 32.2. The smallest absolute Gasteiger partial charge is 0.234 e. The van der Waals surface area contributed by atoms with Gasteiger partial charge in [-0.1, -0.05) is 23.1 Å². The summed E-state index contributed by atoms with van der Waals surface area (Å²) in [4.78, 5) is 50.1. The lowest BCUT2D eigenvalue weighted by Crippen LogP contribution is -2.28. The van der Waals surface area contributed by atoms with Gasteiger partial charge in [0, 0.05) is 37.0 Å². The van der Waals surface area contributed by atoms with E-state index in [1.54, 1.807) is 60.5 Å². The number of nitrogens with zero attached hydrogens (tertiary/aromatic N) is 3. The Kier molecular flexibility index (Phi) is 8.36. The van der Waals surface area contributed by atoms with E-state index in [0.29, 0.717) is 32.3 Å². The number of carbonyl (C=O) groups is 4. The molecule has 192 valence electrons. The molecule has 2 aromatic carbocycles. The Morgan fingerprint density at radius 3 is 2.35 bits per heavy atom. The molecule has 3 N–H and O–H groups in total. The van der Waals surface area contributed by atoms with Gasteiger partial charge in [-0.15, -0.1) is 10.2 Å². The normalized spacial score (nSPS) is 14.8. The molecule has 1 unspecified atom stereocenters. The van der Waals surface area contributed by atoms with Gasteiger partial charge in [-0.2, -0.15) is 0 Å². The highest BCUT2D eigenvalue weighted by Crippen LogP contribution is 2.29. The third-order valence-corrected chi connectivity index (χ3v) is 7.30. The number of ether oxygens (including phenoxy) is 1. The lowest BCUT2D eigenvalue weighted by Gasteiger charge is -2.16. The minimum absolute atomic E-state index is 0.101. The van der Waals surface area contributed by atoms with E-state index in [1.165, 1.54) is 18.7 Å². The van der Waals surface area contributed by atoms with E-state index in [4.69, 9.17) is 4.74 Å². The van der Waals surface area contributed by atoms with Crippen molar-refractivity contribution in [3.05, 3.63) is 48.5 Å². The Bertz CT molecular complexity index is 1300. The van der Waals surface area contributed by atoms with Crippen LogP contribution in [0.3, 0.4) is 0 Å². The van der Waals surface area contributed by atoms with Crippen molar-refractivity contribution in [3.8, 4) is 5.75 Å². The van der Waals surface area contributed by atoms with Gasteiger partial charge in [0.15, 0.2) is 4.34 Å². The van der Waals surface area contributed by atoms with Crippen LogP contribution < -0.4 is 25.6 Å². The number of hydrogen-bond acceptors (Lipinski definition) is 9. The number of rotatable bonds is 9. The van der Waals surface area contributed by atoms with Gasteiger partial charge in [-0.3, -0.25) is 19.2 Å². The van der Waals surface area contributed by atoms with Crippen LogP contribution >= 0.6 is 23.1 Å². The molecule has 4 amide bonds. The highest BCUT2D eigenvalue weighted by molar-refractivity contribution is 8.01. The van der Waals surface area contributed by atoms with Crippen LogP contribution in [-0.2, 0) is 19.2 Å². The van der Waals surface area contributed by atoms with Gasteiger partial charge < -0.3 is 25.6 Å². The third kappa shape index (κ3) is 7.05. The zero-order valence-electron chi connectivity index (χ0n) is 20.0. The van der Waals surface area contributed by atoms with Crippen LogP contribution in [-0.4, -0.2) is 53.2 Å². The van der Waals surface area contributed by atoms with Gasteiger partial charge in [-0.05, 0) is 48.5 Å². The van der Waals surface area contributed by atoms with Crippen molar-refractivity contribution < 1.29 is 23.9 Å². The number of benzene rings is 2. The van der Waals surface area contributed by atoms with Crippen LogP contribution in [0.5, 0.6) is 5.75 Å². The Balaban J connectivity index is 1.24. The fourth-order valence-corrected chi connectivity index (χ4v) is 5.14. The van der Waals surface area contributed by atoms with Crippen LogP contribution in [0.25, 0.3) is 0 Å². The fraction of sp³-hybridized carbons (Fsp3) is 0.250. The average molecular weight is 541 g/mol. The molecule has 1 fully saturated rings. The first-order valence-electron chi connectivity index (χ1n) is 11.2. The topological polar surface area (TPSA) is 143 Å². The van der Waals surface area contributed by atoms with Crippen molar-refractivity contribution in [1.29, 1.82) is 0 Å². The van der Waals surface area contributed by atoms with Crippen molar-refractivity contribution in [2.45, 2.75) is 17.7 Å². The number of methoxy groups -OCH3 is 1. The zero-order chi connectivity index (χ0) is 26.4. The van der Waals surface area contributed by atoms with E-state index in [9.17, 15) is 19.2 Å². The summed E-state index contributed by atoms with van der Waals surface area (Å²) in [7, 11) is 1.57. The molecule has 11 nitrogen and oxygen atoms in total. The van der Waals surface area contributed by atoms with Crippen molar-refractivity contribution >= 4 is 68.9 Å². The third-order valence-electron chi connectivity index (χ3n) is 5.33. The maximum Gasteiger partial charge on any atom is 0.234 e. The lowest BCUT2D eigenvalue weighted by molar-refractivity contribution is -0.122. The quantitative estimate of drug-likeness (QED) is 0.277. The number of aromatic nitrogens is 2. The second-order valence-electron chi connectivity index (χ2n) is 8.06. The Labute approximate surface area is 221 Å². The van der Waals surface area contributed by atoms with Gasteiger partial charge >= 0.3 is 0 Å². The minimum Gasteiger partial charge on any atom is -0.497 e. The molecule has 2 heterocycles. The predicted molar refractivity (Wildman–Crippen MR) is 142 cm³/mol. The molecule has 0 bridgehead atoms. The number of thioether (sulfide) groups is 1. The molecule has 0 saturated carbocycles. The van der Waals surface area contributed by atoms with Gasteiger partial charge in [0.1, 0.15) is 5.75 Å². The molecule has 1 aliphatic heterocycles. The monoisotopic (exact) mass is 540 g/mol. The molecule has 1 saturated heterocycles. The zero-order valence-corrected chi connectivity index (χ0v) is 21.6. The molecule has 0 spiro atoms. The number of anilines is 4. The summed E-state index contributed by atoms with van der Waals surface area (Å²) in [6, 6.07) is 13.9. The Morgan fingerprint density at radius 1 is 1.03 bits per heavy atom. The van der Waals surface area contributed by atoms with E-state index in [0.717, 1.165) is 11.3 Å². The largest absolute Gasteiger partial charge is 0.497 e. The molecule has 4 rings (SSSR count). The second-order valence-corrected chi connectivity index (χ2v) is 10.3. The summed E-state index contributed by atoms with van der Waals surface area (Å²) >= 11 is 2.35. The van der Waals surface area contributed by atoms with Crippen LogP contribution in [0.1, 0.15) is 13.3 Å². The first kappa shape index (κ1) is 26.1. The first-order valence-corrected chi connectivity index (χ1v) is 13.0. The van der Waals surface area contributed by atoms with E-state index >= 15 is 0 Å². The summed E-state index contributed by atoms with van der Waals surface area (Å²) in [6.07, 6.45) is 0.101. The highest BCUT2D eigenvalue weighted by Gasteiger charge is 2.35. The molecule has 0 aliphatic carbocycles. The number of amides is 4. The number of carbonyl (C=O) groups excluding carboxylic acids is 4. The number of hydrogen-bond donors (Lipinski definition) is 3. The minimum atomic E-state index is -0.516. The molecule has 0 radical (unpaired) electrons. The van der Waals surface area contributed by atoms with Crippen molar-refractivity contribution in [2.24, 2.45) is 5.92 Å². The van der Waals surface area contributed by atoms with Crippen molar-refractivity contribution in [1.82, 2.24) is 10.2 Å². The van der Waals surface area contributed by atoms with Crippen LogP contribution in [0.15, 0.2) is 52.9 Å². The molecule has 13 heteroatoms. The Hall–Kier alpha value is -3.97. The summed E-state index contributed by atoms with van der Waals surface area (Å²) in [5, 5.41) is 16.4. The fourth-order valence-electron chi connectivity index (χ4n) is 3.59. The van der Waals surface area contributed by atoms with Gasteiger partial charge in [-0.25, -0.2) is 0 Å². The Morgan fingerprint density at radius 2 is 1.70 bits per heavy atom. The molecule has 1 aliphatic rings. The molecular formula is C24H24N6O5S2. The second kappa shape index (κ2) is 11.8. The summed E-state index contributed by atoms with van der Waals surface area (Å²) in [6.45, 7) is 1.69. The van der Waals surface area contributed by atoms with Gasteiger partial charge in [0.25, 0.3) is 0 Å². The maximum atomic E-state index is 12.7. The molecule has 3 aromatic rings. The predicted octanol–water partition coefficient (Wildman–Crippen LogP) is 3.23. The van der Waals surface area contributed by atoms with Crippen molar-refractivity contribution in [3.63, 3.8) is 0 Å². The summed E-state index contributed by atoms with van der Waals surface area (Å²) in [5.74, 6) is -0.576. The standard InChI is InChI=1S/C24H24N6O5S2/c1-14(31)25-16-3-5-17(6-4-16)26-20(32)13-36-24-29-28-23(37-24)27-22(34)15-11-21(33)30(12-15)18-7-9-19(35-2)10-8-18/h3-10,15H,11-13H2,1-2H3,(H,25,31)(H,26,32)(H,27,28,34). The van der Waals surface area contributed by atoms with E-state index in [1.807, 2.05) is 0 Å². The van der Waals surface area contributed by atoms with E-state index in [2.05, 4.69) is 26.1 Å². The van der Waals surface area contributed by atoms with Gasteiger partial charge in [0.2, 0.25) is 28.8 Å². The van der Waals surface area contributed by atoms with Crippen LogP contribution in [0, 0.1) is 5.92 Å². The molecule has 1 atom stereocenters. The molecule has 1 aromatic heterocycles. The van der Waals surface area contributed by atoms with Crippen LogP contribution in [0.4, 0.5) is 22.2 Å². The van der Waals surface area contributed by atoms with E-state index in [-0.39, 0.29) is 42.3 Å². The summed E-state index contributed by atoms with van der Waals surface area (Å²) < 4.78 is 5.67. The molecular weight excluding hydrogens is 516 g/mol. The summed E-state index contributed by atoms with van der Waals surface area (Å²) in [5.41, 5.74) is 1.94. The molecule has 37 heavy (non-hydrogen) atoms. The SMILES string of the molecule is COc1ccc(N2CC(C(=O)Nc3nnc(SCC(=O)Nc4ccc(NC(C)=O)cc4)s3)CC2=O)cc1. The first-order chi connectivity index (χ1) is 17.8. The van der Waals surface area contributed by atoms with Gasteiger partial charge in [0.05, 0.1) is 18.8 Å². The van der Waals surface area contributed by atoms with E-state index < -0.39 is 5.92 Å². The average Bonchev–Trinajstić information content (AvgIpc) is 3.50. The van der Waals surface area contributed by atoms with Crippen molar-refractivity contribution in [2.75, 3.05) is 40.3 Å². The lowest BCUT2D eigenvalue weighted by atomic mass is 10.1. The number of nitrogens with one attached hydrogen (secondary N) is 3.